The summed E-state index contributed by atoms with van der Waals surface area (Å²) < 4.78 is 8.80. The molecular weight excluding hydrogens is 542 g/mol. The number of nitrogens with one attached hydrogen (secondary N) is 1. The van der Waals surface area contributed by atoms with Crippen molar-refractivity contribution in [1.82, 2.24) is 19.5 Å². The molecule has 3 aromatic heterocycles. The summed E-state index contributed by atoms with van der Waals surface area (Å²) in [7, 11) is 0. The molecule has 0 aliphatic carbocycles. The molecule has 0 fully saturated rings. The van der Waals surface area contributed by atoms with Gasteiger partial charge in [0.1, 0.15) is 5.58 Å². The maximum Gasteiger partial charge on any atom is 0.202 e. The molecule has 0 spiro atoms. The lowest BCUT2D eigenvalue weighted by molar-refractivity contribution is 0.627. The molecule has 208 valence electrons. The van der Waals surface area contributed by atoms with E-state index in [1.807, 2.05) is 60.7 Å². The first kappa shape index (κ1) is 24.6. The van der Waals surface area contributed by atoms with Crippen LogP contribution >= 0.6 is 0 Å². The third-order valence-electron chi connectivity index (χ3n) is 8.29. The van der Waals surface area contributed by atoms with E-state index in [0.29, 0.717) is 24.0 Å². The van der Waals surface area contributed by atoms with E-state index in [-0.39, 0.29) is 0 Å². The minimum Gasteiger partial charge on any atom is -0.440 e. The van der Waals surface area contributed by atoms with Crippen molar-refractivity contribution in [2.24, 2.45) is 0 Å². The van der Waals surface area contributed by atoms with Crippen molar-refractivity contribution in [3.63, 3.8) is 0 Å². The first-order chi connectivity index (χ1) is 21.8. The Labute approximate surface area is 253 Å². The Balaban J connectivity index is 1.22. The van der Waals surface area contributed by atoms with Crippen LogP contribution in [0.3, 0.4) is 0 Å². The number of benzene rings is 5. The molecule has 0 amide bonds. The van der Waals surface area contributed by atoms with Crippen molar-refractivity contribution in [2.75, 3.05) is 11.9 Å². The van der Waals surface area contributed by atoms with Crippen LogP contribution in [0.2, 0.25) is 0 Å². The number of aromatic nitrogens is 4. The summed E-state index contributed by atoms with van der Waals surface area (Å²) >= 11 is 0. The minimum atomic E-state index is 0.606. The smallest absolute Gasteiger partial charge is 0.202 e. The summed E-state index contributed by atoms with van der Waals surface area (Å²) in [5.74, 6) is 2.61. The van der Waals surface area contributed by atoms with Crippen LogP contribution in [-0.2, 0) is 0 Å². The largest absolute Gasteiger partial charge is 0.440 e. The number of nitrogens with zero attached hydrogens (tertiary/aromatic N) is 4. The van der Waals surface area contributed by atoms with Crippen LogP contribution in [0.15, 0.2) is 138 Å². The van der Waals surface area contributed by atoms with E-state index >= 15 is 0 Å². The molecule has 0 bridgehead atoms. The van der Waals surface area contributed by atoms with Gasteiger partial charge in [0.05, 0.1) is 16.6 Å². The van der Waals surface area contributed by atoms with Crippen molar-refractivity contribution in [2.45, 2.75) is 0 Å². The lowest BCUT2D eigenvalue weighted by Gasteiger charge is -2.15. The standard InChI is InChI=1S/C38H25N5O/c1-3-11-24(12-4-1)35-40-36(25-13-5-2-6-14-25)42-37(41-35)30-21-22-39-38-34(30)29-20-19-26(23-33(29)44-38)43-31-17-9-7-15-27(31)28-16-8-10-18-32(28)43/h1-21,23,39H,22H2. The molecule has 5 aromatic carbocycles. The second-order valence-corrected chi connectivity index (χ2v) is 10.9. The van der Waals surface area contributed by atoms with Gasteiger partial charge in [0, 0.05) is 51.2 Å². The molecule has 6 nitrogen and oxygen atoms in total. The lowest BCUT2D eigenvalue weighted by Crippen LogP contribution is -2.10. The molecule has 9 rings (SSSR count). The molecule has 4 heterocycles. The van der Waals surface area contributed by atoms with Crippen LogP contribution in [0.25, 0.3) is 66.8 Å². The normalized spacial score (nSPS) is 12.8. The fourth-order valence-electron chi connectivity index (χ4n) is 6.30. The van der Waals surface area contributed by atoms with Gasteiger partial charge >= 0.3 is 0 Å². The van der Waals surface area contributed by atoms with E-state index < -0.39 is 0 Å². The fraction of sp³-hybridized carbons (Fsp3) is 0.0263. The zero-order valence-electron chi connectivity index (χ0n) is 23.6. The molecule has 44 heavy (non-hydrogen) atoms. The molecule has 1 aliphatic heterocycles. The second kappa shape index (κ2) is 9.78. The monoisotopic (exact) mass is 567 g/mol. The third-order valence-corrected chi connectivity index (χ3v) is 8.29. The molecule has 0 radical (unpaired) electrons. The minimum absolute atomic E-state index is 0.606. The number of rotatable bonds is 4. The molecular formula is C38H25N5O. The SMILES string of the molecule is C1=C(c2nc(-c3ccccc3)nc(-c3ccccc3)n2)c2c(oc3cc(-n4c5ccccc5c5ccccc54)ccc23)NC1. The van der Waals surface area contributed by atoms with E-state index in [1.54, 1.807) is 0 Å². The van der Waals surface area contributed by atoms with Crippen LogP contribution in [0.5, 0.6) is 0 Å². The predicted octanol–water partition coefficient (Wildman–Crippen LogP) is 8.91. The highest BCUT2D eigenvalue weighted by atomic mass is 16.3. The van der Waals surface area contributed by atoms with Crippen molar-refractivity contribution < 1.29 is 4.42 Å². The Hall–Kier alpha value is -6.01. The van der Waals surface area contributed by atoms with E-state index in [9.17, 15) is 0 Å². The second-order valence-electron chi connectivity index (χ2n) is 10.9. The van der Waals surface area contributed by atoms with E-state index in [0.717, 1.165) is 55.8 Å². The molecule has 0 saturated carbocycles. The number of anilines is 1. The van der Waals surface area contributed by atoms with Gasteiger partial charge in [-0.25, -0.2) is 15.0 Å². The Morgan fingerprint density at radius 1 is 0.568 bits per heavy atom. The van der Waals surface area contributed by atoms with Crippen LogP contribution in [0.1, 0.15) is 11.4 Å². The fourth-order valence-corrected chi connectivity index (χ4v) is 6.30. The summed E-state index contributed by atoms with van der Waals surface area (Å²) in [6.45, 7) is 0.606. The van der Waals surface area contributed by atoms with Crippen LogP contribution in [0, 0.1) is 0 Å². The van der Waals surface area contributed by atoms with Gasteiger partial charge in [0.25, 0.3) is 0 Å². The first-order valence-electron chi connectivity index (χ1n) is 14.7. The third kappa shape index (κ3) is 3.85. The molecule has 0 unspecified atom stereocenters. The zero-order chi connectivity index (χ0) is 29.0. The maximum atomic E-state index is 6.50. The highest BCUT2D eigenvalue weighted by Crippen LogP contribution is 2.41. The Bertz CT molecular complexity index is 2280. The van der Waals surface area contributed by atoms with Gasteiger partial charge in [0.2, 0.25) is 5.88 Å². The van der Waals surface area contributed by atoms with E-state index in [4.69, 9.17) is 19.4 Å². The Morgan fingerprint density at radius 3 is 1.77 bits per heavy atom. The molecule has 0 saturated heterocycles. The first-order valence-corrected chi connectivity index (χ1v) is 14.7. The topological polar surface area (TPSA) is 68.8 Å². The van der Waals surface area contributed by atoms with E-state index in [2.05, 4.69) is 82.7 Å². The molecule has 0 atom stereocenters. The number of hydrogen-bond donors (Lipinski definition) is 1. The molecule has 8 aromatic rings. The zero-order valence-corrected chi connectivity index (χ0v) is 23.6. The average Bonchev–Trinajstić information content (AvgIpc) is 3.64. The van der Waals surface area contributed by atoms with Gasteiger partial charge in [-0.3, -0.25) is 0 Å². The summed E-state index contributed by atoms with van der Waals surface area (Å²) in [4.78, 5) is 14.9. The number of para-hydroxylation sites is 2. The summed E-state index contributed by atoms with van der Waals surface area (Å²) in [5.41, 5.74) is 7.94. The molecule has 6 heteroatoms. The Kier molecular flexibility index (Phi) is 5.46. The van der Waals surface area contributed by atoms with Gasteiger partial charge in [-0.2, -0.15) is 0 Å². The van der Waals surface area contributed by atoms with Crippen LogP contribution in [0.4, 0.5) is 5.88 Å². The number of furan rings is 1. The van der Waals surface area contributed by atoms with Gasteiger partial charge in [-0.05, 0) is 24.3 Å². The van der Waals surface area contributed by atoms with Crippen molar-refractivity contribution in [3.8, 4) is 28.5 Å². The average molecular weight is 568 g/mol. The van der Waals surface area contributed by atoms with Gasteiger partial charge in [-0.15, -0.1) is 0 Å². The quantitative estimate of drug-likeness (QED) is 0.230. The lowest BCUT2D eigenvalue weighted by atomic mass is 10.00. The van der Waals surface area contributed by atoms with Crippen molar-refractivity contribution in [3.05, 3.63) is 145 Å². The van der Waals surface area contributed by atoms with Crippen molar-refractivity contribution >= 4 is 44.2 Å². The molecule has 1 N–H and O–H groups in total. The maximum absolute atomic E-state index is 6.50. The van der Waals surface area contributed by atoms with Crippen LogP contribution in [-0.4, -0.2) is 26.1 Å². The van der Waals surface area contributed by atoms with E-state index in [1.165, 1.54) is 10.8 Å². The Morgan fingerprint density at radius 2 is 1.14 bits per heavy atom. The van der Waals surface area contributed by atoms with Gasteiger partial charge in [0.15, 0.2) is 17.5 Å². The summed E-state index contributed by atoms with van der Waals surface area (Å²) in [6.07, 6.45) is 2.14. The van der Waals surface area contributed by atoms with Gasteiger partial charge in [-0.1, -0.05) is 103 Å². The number of hydrogen-bond acceptors (Lipinski definition) is 5. The van der Waals surface area contributed by atoms with Crippen molar-refractivity contribution in [1.29, 1.82) is 0 Å². The predicted molar refractivity (Wildman–Crippen MR) is 177 cm³/mol. The number of fused-ring (bicyclic) bond motifs is 6. The highest BCUT2D eigenvalue weighted by molar-refractivity contribution is 6.09. The molecule has 1 aliphatic rings. The van der Waals surface area contributed by atoms with Gasteiger partial charge < -0.3 is 14.3 Å². The summed E-state index contributed by atoms with van der Waals surface area (Å²) in [5, 5.41) is 6.90. The highest BCUT2D eigenvalue weighted by Gasteiger charge is 2.25. The summed E-state index contributed by atoms with van der Waals surface area (Å²) in [6, 6.07) is 43.6. The van der Waals surface area contributed by atoms with Crippen LogP contribution < -0.4 is 5.32 Å².